The Morgan fingerprint density at radius 2 is 2.17 bits per heavy atom. The predicted molar refractivity (Wildman–Crippen MR) is 46.6 cm³/mol. The first-order valence-electron chi connectivity index (χ1n) is 3.81. The molecule has 0 aliphatic carbocycles. The number of rotatable bonds is 2. The quantitative estimate of drug-likeness (QED) is 0.700. The van der Waals surface area contributed by atoms with Crippen LogP contribution in [0.15, 0.2) is 12.1 Å². The van der Waals surface area contributed by atoms with E-state index in [9.17, 15) is 4.79 Å². The van der Waals surface area contributed by atoms with Crippen LogP contribution in [0.1, 0.15) is 17.0 Å². The third-order valence-corrected chi connectivity index (χ3v) is 1.70. The van der Waals surface area contributed by atoms with Gasteiger partial charge in [-0.3, -0.25) is 9.78 Å². The highest BCUT2D eigenvalue weighted by Crippen LogP contribution is 2.06. The lowest BCUT2D eigenvalue weighted by molar-refractivity contribution is -0.117. The third-order valence-electron chi connectivity index (χ3n) is 1.70. The predicted octanol–water partition coefficient (Wildman–Crippen LogP) is 0.726. The summed E-state index contributed by atoms with van der Waals surface area (Å²) in [5, 5.41) is 0. The van der Waals surface area contributed by atoms with Gasteiger partial charge in [0, 0.05) is 11.4 Å². The van der Waals surface area contributed by atoms with E-state index in [1.54, 1.807) is 0 Å². The molecule has 2 N–H and O–H groups in total. The summed E-state index contributed by atoms with van der Waals surface area (Å²) in [4.78, 5) is 14.8. The van der Waals surface area contributed by atoms with E-state index < -0.39 is 0 Å². The van der Waals surface area contributed by atoms with Gasteiger partial charge in [0.1, 0.15) is 0 Å². The Balaban J connectivity index is 2.93. The summed E-state index contributed by atoms with van der Waals surface area (Å²) in [5.41, 5.74) is 7.82. The molecule has 0 saturated carbocycles. The molecular weight excluding hydrogens is 152 g/mol. The van der Waals surface area contributed by atoms with Gasteiger partial charge in [0.05, 0.1) is 6.42 Å². The Kier molecular flexibility index (Phi) is 2.43. The second kappa shape index (κ2) is 3.34. The molecule has 0 aliphatic heterocycles. The largest absolute Gasteiger partial charge is 0.369 e. The molecule has 64 valence electrons. The highest BCUT2D eigenvalue weighted by Gasteiger charge is 2.02. The first-order valence-corrected chi connectivity index (χ1v) is 3.81. The van der Waals surface area contributed by atoms with Crippen molar-refractivity contribution in [1.29, 1.82) is 0 Å². The van der Waals surface area contributed by atoms with Crippen molar-refractivity contribution in [3.8, 4) is 0 Å². The molecule has 0 unspecified atom stereocenters. The van der Waals surface area contributed by atoms with Crippen molar-refractivity contribution >= 4 is 5.91 Å². The van der Waals surface area contributed by atoms with Gasteiger partial charge in [-0.15, -0.1) is 0 Å². The minimum Gasteiger partial charge on any atom is -0.369 e. The lowest BCUT2D eigenvalue weighted by Gasteiger charge is -2.02. The second-order valence-corrected chi connectivity index (χ2v) is 2.84. The maximum Gasteiger partial charge on any atom is 0.221 e. The summed E-state index contributed by atoms with van der Waals surface area (Å²) in [5.74, 6) is -0.316. The fourth-order valence-electron chi connectivity index (χ4n) is 1.09. The Hall–Kier alpha value is -1.38. The maximum absolute atomic E-state index is 10.6. The summed E-state index contributed by atoms with van der Waals surface area (Å²) >= 11 is 0. The number of carbonyl (C=O) groups excluding carboxylic acids is 1. The monoisotopic (exact) mass is 164 g/mol. The average molecular weight is 164 g/mol. The van der Waals surface area contributed by atoms with E-state index in [0.29, 0.717) is 0 Å². The van der Waals surface area contributed by atoms with E-state index in [1.807, 2.05) is 26.0 Å². The number of carbonyl (C=O) groups is 1. The van der Waals surface area contributed by atoms with Crippen LogP contribution >= 0.6 is 0 Å². The van der Waals surface area contributed by atoms with Crippen LogP contribution in [0.25, 0.3) is 0 Å². The fraction of sp³-hybridized carbons (Fsp3) is 0.333. The van der Waals surface area contributed by atoms with Gasteiger partial charge < -0.3 is 5.73 Å². The zero-order valence-corrected chi connectivity index (χ0v) is 7.29. The molecule has 0 aliphatic rings. The topological polar surface area (TPSA) is 56.0 Å². The molecule has 0 aromatic carbocycles. The van der Waals surface area contributed by atoms with Crippen LogP contribution in [-0.4, -0.2) is 10.9 Å². The molecular formula is C9H12N2O. The van der Waals surface area contributed by atoms with Gasteiger partial charge in [0.25, 0.3) is 0 Å². The molecule has 3 nitrogen and oxygen atoms in total. The molecule has 0 atom stereocenters. The summed E-state index contributed by atoms with van der Waals surface area (Å²) in [7, 11) is 0. The van der Waals surface area contributed by atoms with Gasteiger partial charge in [-0.05, 0) is 25.5 Å². The van der Waals surface area contributed by atoms with Crippen molar-refractivity contribution in [2.24, 2.45) is 5.73 Å². The molecule has 12 heavy (non-hydrogen) atoms. The zero-order chi connectivity index (χ0) is 9.14. The first-order chi connectivity index (χ1) is 5.59. The van der Waals surface area contributed by atoms with Crippen molar-refractivity contribution in [2.75, 3.05) is 0 Å². The highest BCUT2D eigenvalue weighted by molar-refractivity contribution is 5.76. The molecule has 0 saturated heterocycles. The Bertz CT molecular complexity index is 307. The smallest absolute Gasteiger partial charge is 0.221 e. The number of aromatic nitrogens is 1. The summed E-state index contributed by atoms with van der Waals surface area (Å²) in [6, 6.07) is 3.77. The average Bonchev–Trinajstić information content (AvgIpc) is 1.94. The fourth-order valence-corrected chi connectivity index (χ4v) is 1.09. The van der Waals surface area contributed by atoms with Crippen LogP contribution in [0.5, 0.6) is 0 Å². The van der Waals surface area contributed by atoms with E-state index in [4.69, 9.17) is 5.73 Å². The molecule has 1 amide bonds. The van der Waals surface area contributed by atoms with Gasteiger partial charge in [-0.1, -0.05) is 6.07 Å². The zero-order valence-electron chi connectivity index (χ0n) is 7.29. The van der Waals surface area contributed by atoms with Crippen molar-refractivity contribution in [1.82, 2.24) is 4.98 Å². The summed E-state index contributed by atoms with van der Waals surface area (Å²) in [6.45, 7) is 3.80. The van der Waals surface area contributed by atoms with Crippen LogP contribution in [0.3, 0.4) is 0 Å². The van der Waals surface area contributed by atoms with Crippen molar-refractivity contribution in [3.05, 3.63) is 29.1 Å². The van der Waals surface area contributed by atoms with Gasteiger partial charge in [0.15, 0.2) is 0 Å². The normalized spacial score (nSPS) is 9.83. The minimum absolute atomic E-state index is 0.277. The summed E-state index contributed by atoms with van der Waals surface area (Å²) in [6.07, 6.45) is 0.277. The molecule has 0 fully saturated rings. The number of primary amides is 1. The van der Waals surface area contributed by atoms with Crippen LogP contribution in [0.4, 0.5) is 0 Å². The van der Waals surface area contributed by atoms with Gasteiger partial charge in [0.2, 0.25) is 5.91 Å². The number of hydrogen-bond donors (Lipinski definition) is 1. The molecule has 0 bridgehead atoms. The van der Waals surface area contributed by atoms with Crippen molar-refractivity contribution < 1.29 is 4.79 Å². The lowest BCUT2D eigenvalue weighted by Crippen LogP contribution is -2.14. The number of pyridine rings is 1. The summed E-state index contributed by atoms with van der Waals surface area (Å²) < 4.78 is 0. The van der Waals surface area contributed by atoms with Gasteiger partial charge in [-0.2, -0.15) is 0 Å². The molecule has 0 radical (unpaired) electrons. The van der Waals surface area contributed by atoms with E-state index in [0.717, 1.165) is 17.0 Å². The van der Waals surface area contributed by atoms with E-state index in [1.165, 1.54) is 0 Å². The van der Waals surface area contributed by atoms with Gasteiger partial charge in [-0.25, -0.2) is 0 Å². The Morgan fingerprint density at radius 3 is 2.67 bits per heavy atom. The molecule has 1 aromatic rings. The number of hydrogen-bond acceptors (Lipinski definition) is 2. The maximum atomic E-state index is 10.6. The SMILES string of the molecule is Cc1ccc(CC(N)=O)c(C)n1. The van der Waals surface area contributed by atoms with Crippen LogP contribution in [0.2, 0.25) is 0 Å². The second-order valence-electron chi connectivity index (χ2n) is 2.84. The van der Waals surface area contributed by atoms with Crippen LogP contribution in [-0.2, 0) is 11.2 Å². The number of nitrogens with two attached hydrogens (primary N) is 1. The molecule has 1 aromatic heterocycles. The minimum atomic E-state index is -0.316. The first kappa shape index (κ1) is 8.71. The highest BCUT2D eigenvalue weighted by atomic mass is 16.1. The Labute approximate surface area is 71.6 Å². The third kappa shape index (κ3) is 2.05. The Morgan fingerprint density at radius 1 is 1.50 bits per heavy atom. The van der Waals surface area contributed by atoms with E-state index >= 15 is 0 Å². The molecule has 3 heteroatoms. The van der Waals surface area contributed by atoms with Crippen LogP contribution in [0, 0.1) is 13.8 Å². The molecule has 1 rings (SSSR count). The number of aryl methyl sites for hydroxylation is 2. The standard InChI is InChI=1S/C9H12N2O/c1-6-3-4-8(5-9(10)12)7(2)11-6/h3-4H,5H2,1-2H3,(H2,10,12). The lowest BCUT2D eigenvalue weighted by atomic mass is 10.1. The van der Waals surface area contributed by atoms with Crippen molar-refractivity contribution in [2.45, 2.75) is 20.3 Å². The van der Waals surface area contributed by atoms with Gasteiger partial charge >= 0.3 is 0 Å². The molecule has 1 heterocycles. The van der Waals surface area contributed by atoms with E-state index in [-0.39, 0.29) is 12.3 Å². The van der Waals surface area contributed by atoms with Crippen LogP contribution < -0.4 is 5.73 Å². The number of amides is 1. The number of nitrogens with zero attached hydrogens (tertiary/aromatic N) is 1. The van der Waals surface area contributed by atoms with E-state index in [2.05, 4.69) is 4.98 Å². The molecule has 0 spiro atoms. The van der Waals surface area contributed by atoms with Crippen molar-refractivity contribution in [3.63, 3.8) is 0 Å².